The molecule has 114 valence electrons. The average Bonchev–Trinajstić information content (AvgIpc) is 2.93. The summed E-state index contributed by atoms with van der Waals surface area (Å²) in [6.45, 7) is -0.925. The first kappa shape index (κ1) is 15.0. The van der Waals surface area contributed by atoms with Crippen LogP contribution in [0.5, 0.6) is 0 Å². The van der Waals surface area contributed by atoms with Crippen molar-refractivity contribution in [2.45, 2.75) is 31.2 Å². The van der Waals surface area contributed by atoms with Gasteiger partial charge in [-0.2, -0.15) is 13.2 Å². The van der Waals surface area contributed by atoms with E-state index in [2.05, 4.69) is 5.32 Å². The zero-order chi connectivity index (χ0) is 15.1. The van der Waals surface area contributed by atoms with Crippen molar-refractivity contribution in [1.82, 2.24) is 10.2 Å². The van der Waals surface area contributed by atoms with Gasteiger partial charge >= 0.3 is 12.1 Å². The number of alkyl halides is 3. The van der Waals surface area contributed by atoms with Gasteiger partial charge in [0, 0.05) is 19.6 Å². The van der Waals surface area contributed by atoms with Gasteiger partial charge in [0.25, 0.3) is 0 Å². The van der Waals surface area contributed by atoms with Crippen molar-refractivity contribution in [1.29, 1.82) is 0 Å². The van der Waals surface area contributed by atoms with Crippen molar-refractivity contribution < 1.29 is 33.0 Å². The first-order chi connectivity index (χ1) is 9.17. The number of aliphatic carboxylic acids is 1. The Morgan fingerprint density at radius 2 is 2.00 bits per heavy atom. The monoisotopic (exact) mass is 296 g/mol. The van der Waals surface area contributed by atoms with E-state index in [1.54, 1.807) is 0 Å². The Morgan fingerprint density at radius 3 is 2.40 bits per heavy atom. The standard InChI is InChI=1S/C11H15F3N2O4/c12-11(13,14)10(9(19)20)1-2-16(5-10)8(18)7-3-6(17)4-15-7/h6-7,15,17H,1-5H2,(H,19,20). The van der Waals surface area contributed by atoms with Gasteiger partial charge in [-0.05, 0) is 12.8 Å². The highest BCUT2D eigenvalue weighted by molar-refractivity contribution is 5.85. The van der Waals surface area contributed by atoms with Gasteiger partial charge in [0.15, 0.2) is 5.41 Å². The van der Waals surface area contributed by atoms with Crippen molar-refractivity contribution >= 4 is 11.9 Å². The lowest BCUT2D eigenvalue weighted by Gasteiger charge is -2.28. The van der Waals surface area contributed by atoms with Crippen LogP contribution < -0.4 is 5.32 Å². The molecule has 0 aliphatic carbocycles. The number of carboxylic acids is 1. The van der Waals surface area contributed by atoms with Gasteiger partial charge in [-0.1, -0.05) is 0 Å². The van der Waals surface area contributed by atoms with Gasteiger partial charge in [-0.3, -0.25) is 9.59 Å². The number of carbonyl (C=O) groups is 2. The summed E-state index contributed by atoms with van der Waals surface area (Å²) in [7, 11) is 0. The molecule has 3 atom stereocenters. The molecular formula is C11H15F3N2O4. The SMILES string of the molecule is O=C(C1CC(O)CN1)N1CCC(C(=O)O)(C(F)(F)F)C1. The van der Waals surface area contributed by atoms with Crippen LogP contribution >= 0.6 is 0 Å². The molecule has 3 unspecified atom stereocenters. The molecule has 0 spiro atoms. The highest BCUT2D eigenvalue weighted by atomic mass is 19.4. The molecule has 9 heteroatoms. The lowest BCUT2D eigenvalue weighted by Crippen LogP contribution is -2.49. The predicted octanol–water partition coefficient (Wildman–Crippen LogP) is -0.425. The highest BCUT2D eigenvalue weighted by Crippen LogP contribution is 2.45. The number of hydrogen-bond acceptors (Lipinski definition) is 4. The van der Waals surface area contributed by atoms with Crippen molar-refractivity contribution in [3.8, 4) is 0 Å². The largest absolute Gasteiger partial charge is 0.481 e. The summed E-state index contributed by atoms with van der Waals surface area (Å²) in [4.78, 5) is 23.9. The average molecular weight is 296 g/mol. The van der Waals surface area contributed by atoms with Crippen LogP contribution in [0.4, 0.5) is 13.2 Å². The topological polar surface area (TPSA) is 89.9 Å². The summed E-state index contributed by atoms with van der Waals surface area (Å²) in [5.41, 5.74) is -2.89. The van der Waals surface area contributed by atoms with Crippen molar-refractivity contribution in [2.75, 3.05) is 19.6 Å². The van der Waals surface area contributed by atoms with Crippen LogP contribution in [0.3, 0.4) is 0 Å². The number of hydrogen-bond donors (Lipinski definition) is 3. The number of halogens is 3. The van der Waals surface area contributed by atoms with Crippen molar-refractivity contribution in [3.05, 3.63) is 0 Å². The van der Waals surface area contributed by atoms with E-state index < -0.39 is 48.6 Å². The van der Waals surface area contributed by atoms with E-state index in [9.17, 15) is 27.9 Å². The number of nitrogens with one attached hydrogen (secondary N) is 1. The third kappa shape index (κ3) is 2.35. The van der Waals surface area contributed by atoms with Crippen LogP contribution in [0.25, 0.3) is 0 Å². The van der Waals surface area contributed by atoms with Gasteiger partial charge in [-0.15, -0.1) is 0 Å². The molecule has 2 heterocycles. The van der Waals surface area contributed by atoms with E-state index in [-0.39, 0.29) is 19.5 Å². The molecule has 2 fully saturated rings. The Bertz CT molecular complexity index is 428. The third-order valence-electron chi connectivity index (χ3n) is 3.94. The molecule has 3 N–H and O–H groups in total. The number of aliphatic hydroxyl groups is 1. The minimum absolute atomic E-state index is 0.126. The van der Waals surface area contributed by atoms with Gasteiger partial charge in [0.1, 0.15) is 0 Å². The normalized spacial score (nSPS) is 34.5. The zero-order valence-corrected chi connectivity index (χ0v) is 10.5. The van der Waals surface area contributed by atoms with E-state index in [1.807, 2.05) is 0 Å². The first-order valence-corrected chi connectivity index (χ1v) is 6.18. The Balaban J connectivity index is 2.11. The second-order valence-corrected chi connectivity index (χ2v) is 5.25. The molecule has 2 rings (SSSR count). The van der Waals surface area contributed by atoms with Crippen LogP contribution in [0.2, 0.25) is 0 Å². The lowest BCUT2D eigenvalue weighted by molar-refractivity contribution is -0.227. The maximum Gasteiger partial charge on any atom is 0.406 e. The summed E-state index contributed by atoms with van der Waals surface area (Å²) in [5, 5.41) is 20.9. The molecule has 2 aliphatic heterocycles. The Morgan fingerprint density at radius 1 is 1.35 bits per heavy atom. The number of aliphatic hydroxyl groups excluding tert-OH is 1. The van der Waals surface area contributed by atoms with E-state index in [0.29, 0.717) is 0 Å². The second kappa shape index (κ2) is 4.88. The van der Waals surface area contributed by atoms with E-state index in [4.69, 9.17) is 5.11 Å². The number of likely N-dealkylation sites (tertiary alicyclic amines) is 1. The maximum atomic E-state index is 13.0. The quantitative estimate of drug-likeness (QED) is 0.643. The van der Waals surface area contributed by atoms with Crippen LogP contribution in [0.1, 0.15) is 12.8 Å². The van der Waals surface area contributed by atoms with Crippen molar-refractivity contribution in [3.63, 3.8) is 0 Å². The Kier molecular flexibility index (Phi) is 3.67. The molecule has 0 radical (unpaired) electrons. The predicted molar refractivity (Wildman–Crippen MR) is 59.7 cm³/mol. The molecule has 0 bridgehead atoms. The van der Waals surface area contributed by atoms with Crippen molar-refractivity contribution in [2.24, 2.45) is 5.41 Å². The second-order valence-electron chi connectivity index (χ2n) is 5.25. The van der Waals surface area contributed by atoms with Gasteiger partial charge in [-0.25, -0.2) is 0 Å². The zero-order valence-electron chi connectivity index (χ0n) is 10.5. The number of rotatable bonds is 2. The molecule has 2 saturated heterocycles. The molecule has 20 heavy (non-hydrogen) atoms. The summed E-state index contributed by atoms with van der Waals surface area (Å²) in [6.07, 6.45) is -6.14. The van der Waals surface area contributed by atoms with E-state index >= 15 is 0 Å². The number of β-amino-alcohol motifs (C(OH)–C–C–N with tert-alkyl or cyclic N) is 1. The minimum atomic E-state index is -4.91. The summed E-state index contributed by atoms with van der Waals surface area (Å²) < 4.78 is 38.9. The molecule has 0 saturated carbocycles. The Hall–Kier alpha value is -1.35. The van der Waals surface area contributed by atoms with Crippen LogP contribution in [-0.4, -0.2) is 64.9 Å². The fraction of sp³-hybridized carbons (Fsp3) is 0.818. The van der Waals surface area contributed by atoms with E-state index in [1.165, 1.54) is 0 Å². The summed E-state index contributed by atoms with van der Waals surface area (Å²) in [6, 6.07) is -0.747. The molecule has 0 aromatic heterocycles. The fourth-order valence-corrected chi connectivity index (χ4v) is 2.65. The van der Waals surface area contributed by atoms with Crippen LogP contribution in [0.15, 0.2) is 0 Å². The lowest BCUT2D eigenvalue weighted by atomic mass is 9.86. The molecule has 1 amide bonds. The Labute approximate surface area is 112 Å². The number of carboxylic acid groups (broad SMARTS) is 1. The maximum absolute atomic E-state index is 13.0. The molecule has 2 aliphatic rings. The van der Waals surface area contributed by atoms with Gasteiger partial charge in [0.2, 0.25) is 5.91 Å². The molecule has 0 aromatic carbocycles. The number of amides is 1. The van der Waals surface area contributed by atoms with E-state index in [0.717, 1.165) is 4.90 Å². The molecular weight excluding hydrogens is 281 g/mol. The van der Waals surface area contributed by atoms with Gasteiger partial charge in [0.05, 0.1) is 12.1 Å². The minimum Gasteiger partial charge on any atom is -0.481 e. The van der Waals surface area contributed by atoms with Gasteiger partial charge < -0.3 is 20.4 Å². The fourth-order valence-electron chi connectivity index (χ4n) is 2.65. The highest BCUT2D eigenvalue weighted by Gasteiger charge is 2.64. The molecule has 0 aromatic rings. The van der Waals surface area contributed by atoms with Crippen LogP contribution in [-0.2, 0) is 9.59 Å². The van der Waals surface area contributed by atoms with Crippen LogP contribution in [0, 0.1) is 5.41 Å². The summed E-state index contributed by atoms with van der Waals surface area (Å²) >= 11 is 0. The third-order valence-corrected chi connectivity index (χ3v) is 3.94. The first-order valence-electron chi connectivity index (χ1n) is 6.18. The molecule has 6 nitrogen and oxygen atoms in total. The number of carbonyl (C=O) groups excluding carboxylic acids is 1. The smallest absolute Gasteiger partial charge is 0.406 e. The number of nitrogens with zero attached hydrogens (tertiary/aromatic N) is 1. The summed E-state index contributed by atoms with van der Waals surface area (Å²) in [5.74, 6) is -2.55.